The highest BCUT2D eigenvalue weighted by Crippen LogP contribution is 2.39. The number of benzene rings is 12. The van der Waals surface area contributed by atoms with E-state index in [2.05, 4.69) is 72.5 Å². The number of fused-ring (bicyclic) bond motifs is 3. The minimum atomic E-state index is -0.872. The number of ketones is 1. The number of aromatic nitrogens is 6. The molecule has 0 saturated heterocycles. The SMILES string of the molecule is CCC(=O)Nc1cc(C(=O)OC(C)C)ccc1Cl.CCCCC(Oc1ccc(C)cc1C)C(=O)Nc1ccc(NC(=O)Nc2ccc(C#N)cc2)c(O)c1.Cc1ccc(C)c(NC(=O)c2cc(SCCC(=O)O)c3ccccc3c2O)c1.Cc1ccc(Cl)c(NC(=O)C(C)C(=O)C(C)(C)C)c1.OOC(c1ccccc1)c1ccc2n[nH]nc2c1.OOC(c1ccccc1)c1ccc2n[nH]nc2c1. The first-order valence-corrected chi connectivity index (χ1v) is 45.4. The number of thioether (sulfide) groups is 1. The van der Waals surface area contributed by atoms with Gasteiger partial charge < -0.3 is 56.7 Å². The number of nitrogens with one attached hydrogen (secondary N) is 8. The number of hydrogen-bond acceptors (Lipinski definition) is 22. The van der Waals surface area contributed by atoms with Crippen LogP contribution in [0.25, 0.3) is 32.8 Å². The van der Waals surface area contributed by atoms with Crippen molar-refractivity contribution in [2.24, 2.45) is 11.3 Å². The standard InChI is InChI=1S/C28H30N4O4.C22H21NO4S.C15H20ClNO2.C13H16ClNO3.2C13H11N3O2/c1-4-5-6-26(36-25-14-7-18(2)15-19(25)3)27(34)30-22-12-13-23(24(33)16-22)32-28(35)31-21-10-8-20(17-29)9-11-21;1-13-7-8-14(2)18(11-13)23-22(27)17-12-19(28-10-9-20(24)25)15-5-3-4-6-16(15)21(17)26;1-9-6-7-11(16)12(8-9)17-14(19)10(2)13(18)15(3,4)5;1-4-12(16)15-11-7-9(5-6-10(11)14)13(17)18-8(2)3;2*17-18-13(9-4-2-1-3-5-9)10-6-7-11-12(8-10)15-16-14-11/h7-16,26,33H,4-6H2,1-3H3,(H,30,34)(H2,31,32,35);3-8,11-12,26H,9-10H2,1-2H3,(H,23,27)(H,24,25);6-8,10H,1-5H3,(H,17,19);5-8H,4H2,1-3H3,(H,15,16);2*1-8,13,17H,(H,14,15,16). The number of aromatic hydroxyl groups is 2. The lowest BCUT2D eigenvalue weighted by molar-refractivity contribution is -0.270. The second-order valence-electron chi connectivity index (χ2n) is 32.9. The molecule has 0 spiro atoms. The number of halogens is 2. The van der Waals surface area contributed by atoms with Gasteiger partial charge in [0.15, 0.2) is 6.10 Å². The van der Waals surface area contributed by atoms with Crippen LogP contribution < -0.4 is 36.6 Å². The topological polar surface area (TPSA) is 454 Å². The molecule has 30 nitrogen and oxygen atoms in total. The number of phenols is 2. The Morgan fingerprint density at radius 1 is 0.518 bits per heavy atom. The van der Waals surface area contributed by atoms with Crippen LogP contribution in [0.4, 0.5) is 38.9 Å². The third-order valence-electron chi connectivity index (χ3n) is 20.7. The molecule has 712 valence electrons. The van der Waals surface area contributed by atoms with Crippen LogP contribution in [0, 0.1) is 57.3 Å². The maximum Gasteiger partial charge on any atom is 0.338 e. The predicted octanol–water partition coefficient (Wildman–Crippen LogP) is 23.2. The smallest absolute Gasteiger partial charge is 0.338 e. The van der Waals surface area contributed by atoms with Crippen molar-refractivity contribution in [3.63, 3.8) is 0 Å². The lowest BCUT2D eigenvalue weighted by Crippen LogP contribution is -2.34. The number of nitriles is 1. The number of esters is 1. The molecule has 0 aliphatic rings. The fraction of sp³-hybridized carbons (Fsp3) is 0.240. The molecule has 12 aromatic carbocycles. The van der Waals surface area contributed by atoms with Crippen molar-refractivity contribution in [3.8, 4) is 23.3 Å². The molecular weight excluding hydrogens is 1810 g/mol. The van der Waals surface area contributed by atoms with Gasteiger partial charge in [-0.2, -0.15) is 36.1 Å². The molecule has 137 heavy (non-hydrogen) atoms. The summed E-state index contributed by atoms with van der Waals surface area (Å²) in [6.45, 7) is 24.1. The predicted molar refractivity (Wildman–Crippen MR) is 534 cm³/mol. The van der Waals surface area contributed by atoms with E-state index in [0.717, 1.165) is 95.3 Å². The number of Topliss-reactive ketones (excluding diaryl/α,β-unsaturated/α-hetero) is 1. The number of rotatable bonds is 28. The molecule has 0 bridgehead atoms. The van der Waals surface area contributed by atoms with Gasteiger partial charge in [0.05, 0.1) is 68.3 Å². The van der Waals surface area contributed by atoms with Crippen molar-refractivity contribution in [2.75, 3.05) is 37.7 Å². The number of phenolic OH excluding ortho intramolecular Hbond substituents is 2. The van der Waals surface area contributed by atoms with Crippen LogP contribution in [-0.2, 0) is 38.5 Å². The minimum absolute atomic E-state index is 0.0177. The van der Waals surface area contributed by atoms with E-state index in [9.17, 15) is 48.6 Å². The highest BCUT2D eigenvalue weighted by molar-refractivity contribution is 7.99. The Hall–Kier alpha value is -14.9. The normalized spacial score (nSPS) is 11.6. The van der Waals surface area contributed by atoms with E-state index >= 15 is 0 Å². The number of carbonyl (C=O) groups excluding carboxylic acids is 7. The molecule has 0 aliphatic heterocycles. The summed E-state index contributed by atoms with van der Waals surface area (Å²) < 4.78 is 11.1. The first-order chi connectivity index (χ1) is 65.5. The second kappa shape index (κ2) is 51.6. The Bertz CT molecular complexity index is 6450. The van der Waals surface area contributed by atoms with Crippen molar-refractivity contribution in [3.05, 3.63) is 319 Å². The summed E-state index contributed by atoms with van der Waals surface area (Å²) in [5, 5.41) is 96.6. The Morgan fingerprint density at radius 3 is 1.61 bits per heavy atom. The number of hydrogen-bond donors (Lipinski definition) is 13. The number of aliphatic carboxylic acids is 1. The number of carboxylic acid groups (broad SMARTS) is 1. The molecule has 0 radical (unpaired) electrons. The number of ether oxygens (including phenoxy) is 2. The molecule has 2 heterocycles. The molecule has 13 N–H and O–H groups in total. The maximum atomic E-state index is 13.0. The lowest BCUT2D eigenvalue weighted by Gasteiger charge is -2.21. The summed E-state index contributed by atoms with van der Waals surface area (Å²) in [6.07, 6.45) is 0.737. The van der Waals surface area contributed by atoms with E-state index in [1.807, 2.05) is 199 Å². The maximum absolute atomic E-state index is 13.0. The zero-order valence-corrected chi connectivity index (χ0v) is 80.1. The molecule has 14 aromatic rings. The molecule has 33 heteroatoms. The van der Waals surface area contributed by atoms with E-state index in [4.69, 9.17) is 53.6 Å². The van der Waals surface area contributed by atoms with E-state index in [0.29, 0.717) is 79.3 Å². The number of carboxylic acids is 1. The van der Waals surface area contributed by atoms with Gasteiger partial charge in [-0.05, 0) is 227 Å². The molecule has 6 amide bonds. The molecule has 14 rings (SSSR count). The number of aromatic amines is 2. The number of amides is 6. The first-order valence-electron chi connectivity index (χ1n) is 43.6. The Morgan fingerprint density at radius 2 is 1.06 bits per heavy atom. The third kappa shape index (κ3) is 31.6. The van der Waals surface area contributed by atoms with Crippen LogP contribution in [0.3, 0.4) is 0 Å². The zero-order chi connectivity index (χ0) is 99.6. The van der Waals surface area contributed by atoms with Crippen LogP contribution in [0.1, 0.15) is 176 Å². The van der Waals surface area contributed by atoms with Gasteiger partial charge in [0.1, 0.15) is 57.3 Å². The van der Waals surface area contributed by atoms with Crippen molar-refractivity contribution in [1.82, 2.24) is 30.8 Å². The average Bonchev–Trinajstić information content (AvgIpc) is 1.31. The van der Waals surface area contributed by atoms with E-state index in [-0.39, 0.29) is 58.8 Å². The molecule has 2 aromatic heterocycles. The number of aryl methyl sites for hydroxylation is 5. The summed E-state index contributed by atoms with van der Waals surface area (Å²) in [5.74, 6) is -2.56. The van der Waals surface area contributed by atoms with Crippen molar-refractivity contribution in [1.29, 1.82) is 5.26 Å². The quantitative estimate of drug-likeness (QED) is 0.00541. The zero-order valence-electron chi connectivity index (χ0n) is 77.8. The number of anilines is 6. The van der Waals surface area contributed by atoms with Gasteiger partial charge in [0.2, 0.25) is 11.8 Å². The van der Waals surface area contributed by atoms with Crippen LogP contribution in [0.15, 0.2) is 248 Å². The second-order valence-corrected chi connectivity index (χ2v) is 34.8. The number of nitrogens with zero attached hydrogens (tertiary/aromatic N) is 5. The largest absolute Gasteiger partial charge is 0.506 e. The molecule has 0 saturated carbocycles. The highest BCUT2D eigenvalue weighted by Gasteiger charge is 2.32. The summed E-state index contributed by atoms with van der Waals surface area (Å²) in [4.78, 5) is 106. The third-order valence-corrected chi connectivity index (χ3v) is 22.4. The number of urea groups is 1. The van der Waals surface area contributed by atoms with Crippen molar-refractivity contribution in [2.45, 2.75) is 151 Å². The Kier molecular flexibility index (Phi) is 39.8. The minimum Gasteiger partial charge on any atom is -0.506 e. The average molecular weight is 1920 g/mol. The van der Waals surface area contributed by atoms with Crippen LogP contribution in [0.2, 0.25) is 10.0 Å². The summed E-state index contributed by atoms with van der Waals surface area (Å²) in [6, 6.07) is 72.8. The van der Waals surface area contributed by atoms with Gasteiger partial charge in [-0.25, -0.2) is 19.4 Å². The molecule has 4 atom stereocenters. The van der Waals surface area contributed by atoms with E-state index in [1.165, 1.54) is 30.0 Å². The molecular formula is C104H109Cl2N13O17S. The number of H-pyrrole nitrogens is 2. The van der Waals surface area contributed by atoms with E-state index in [1.54, 1.807) is 121 Å². The molecule has 0 aliphatic carbocycles. The summed E-state index contributed by atoms with van der Waals surface area (Å²) in [7, 11) is 0. The van der Waals surface area contributed by atoms with E-state index < -0.39 is 53.5 Å². The summed E-state index contributed by atoms with van der Waals surface area (Å²) >= 11 is 13.3. The molecule has 0 fully saturated rings. The van der Waals surface area contributed by atoms with Crippen LogP contribution in [0.5, 0.6) is 17.2 Å². The van der Waals surface area contributed by atoms with Gasteiger partial charge in [0, 0.05) is 51.0 Å². The van der Waals surface area contributed by atoms with Crippen molar-refractivity contribution >= 4 is 149 Å². The highest BCUT2D eigenvalue weighted by atomic mass is 35.5. The number of carbonyl (C=O) groups is 8. The fourth-order valence-corrected chi connectivity index (χ4v) is 14.8. The first kappa shape index (κ1) is 106. The summed E-state index contributed by atoms with van der Waals surface area (Å²) in [5.41, 5.74) is 14.6. The van der Waals surface area contributed by atoms with Gasteiger partial charge in [-0.1, -0.05) is 197 Å². The lowest BCUT2D eigenvalue weighted by atomic mass is 9.83. The fourth-order valence-electron chi connectivity index (χ4n) is 13.4. The number of unbranched alkanes of at least 4 members (excludes halogenated alkanes) is 1. The van der Waals surface area contributed by atoms with Crippen LogP contribution in [-0.4, -0.2) is 122 Å². The van der Waals surface area contributed by atoms with Gasteiger partial charge >= 0.3 is 18.0 Å². The van der Waals surface area contributed by atoms with Gasteiger partial charge in [-0.15, -0.1) is 11.8 Å². The van der Waals surface area contributed by atoms with Crippen molar-refractivity contribution < 1.29 is 83.4 Å². The van der Waals surface area contributed by atoms with Gasteiger partial charge in [-0.3, -0.25) is 39.3 Å². The van der Waals surface area contributed by atoms with Gasteiger partial charge in [0.25, 0.3) is 11.8 Å². The monoisotopic (exact) mass is 1910 g/mol. The Balaban J connectivity index is 0.000000188. The molecule has 4 unspecified atom stereocenters. The van der Waals surface area contributed by atoms with Crippen LogP contribution >= 0.6 is 35.0 Å². The Labute approximate surface area is 807 Å².